The minimum absolute atomic E-state index is 0.270. The number of carboxylic acid groups (broad SMARTS) is 1. The van der Waals surface area contributed by atoms with E-state index in [9.17, 15) is 4.79 Å². The van der Waals surface area contributed by atoms with Gasteiger partial charge < -0.3 is 15.7 Å². The van der Waals surface area contributed by atoms with Crippen molar-refractivity contribution in [2.75, 3.05) is 23.7 Å². The first-order chi connectivity index (χ1) is 7.89. The highest BCUT2D eigenvalue weighted by Gasteiger charge is 2.30. The van der Waals surface area contributed by atoms with Crippen LogP contribution in [0.25, 0.3) is 0 Å². The van der Waals surface area contributed by atoms with Gasteiger partial charge in [0.25, 0.3) is 0 Å². The molecule has 0 spiro atoms. The van der Waals surface area contributed by atoms with Crippen molar-refractivity contribution in [3.8, 4) is 0 Å². The number of rotatable bonds is 2. The largest absolute Gasteiger partial charge is 0.478 e. The molecule has 2 rings (SSSR count). The van der Waals surface area contributed by atoms with Gasteiger partial charge in [0.05, 0.1) is 16.9 Å². The number of carboxylic acids is 1. The minimum atomic E-state index is -0.912. The molecule has 0 aromatic heterocycles. The maximum Gasteiger partial charge on any atom is 0.335 e. The average molecular weight is 234 g/mol. The number of nitrogens with zero attached hydrogens (tertiary/aromatic N) is 1. The second-order valence-corrected chi connectivity index (χ2v) is 5.41. The lowest BCUT2D eigenvalue weighted by Crippen LogP contribution is -2.23. The highest BCUT2D eigenvalue weighted by Crippen LogP contribution is 2.35. The lowest BCUT2D eigenvalue weighted by atomic mass is 9.93. The van der Waals surface area contributed by atoms with Crippen molar-refractivity contribution in [2.24, 2.45) is 5.41 Å². The molecule has 0 atom stereocenters. The Morgan fingerprint density at radius 3 is 2.71 bits per heavy atom. The SMILES string of the molecule is CC1(C)CCN(c2cc(C(=O)O)ccc2N)C1. The van der Waals surface area contributed by atoms with E-state index in [0.717, 1.165) is 25.2 Å². The Labute approximate surface area is 101 Å². The molecule has 1 heterocycles. The average Bonchev–Trinajstić information content (AvgIpc) is 2.59. The Balaban J connectivity index is 2.32. The van der Waals surface area contributed by atoms with E-state index in [2.05, 4.69) is 18.7 Å². The number of hydrogen-bond acceptors (Lipinski definition) is 3. The topological polar surface area (TPSA) is 66.6 Å². The first-order valence-electron chi connectivity index (χ1n) is 5.77. The Hall–Kier alpha value is -1.71. The molecule has 1 aliphatic rings. The molecule has 4 heteroatoms. The number of anilines is 2. The van der Waals surface area contributed by atoms with Gasteiger partial charge in [0.1, 0.15) is 0 Å². The minimum Gasteiger partial charge on any atom is -0.478 e. The van der Waals surface area contributed by atoms with Gasteiger partial charge in [-0.15, -0.1) is 0 Å². The van der Waals surface area contributed by atoms with Gasteiger partial charge in [0, 0.05) is 13.1 Å². The predicted octanol–water partition coefficient (Wildman–Crippen LogP) is 2.20. The Morgan fingerprint density at radius 2 is 2.18 bits per heavy atom. The second-order valence-electron chi connectivity index (χ2n) is 5.41. The van der Waals surface area contributed by atoms with Crippen molar-refractivity contribution in [1.82, 2.24) is 0 Å². The van der Waals surface area contributed by atoms with E-state index in [4.69, 9.17) is 10.8 Å². The zero-order valence-corrected chi connectivity index (χ0v) is 10.2. The molecule has 4 nitrogen and oxygen atoms in total. The summed E-state index contributed by atoms with van der Waals surface area (Å²) in [5.74, 6) is -0.912. The van der Waals surface area contributed by atoms with Gasteiger partial charge in [-0.1, -0.05) is 13.8 Å². The van der Waals surface area contributed by atoms with Crippen molar-refractivity contribution < 1.29 is 9.90 Å². The fourth-order valence-electron chi connectivity index (χ4n) is 2.27. The third-order valence-corrected chi connectivity index (χ3v) is 3.30. The van der Waals surface area contributed by atoms with Crippen LogP contribution < -0.4 is 10.6 Å². The zero-order chi connectivity index (χ0) is 12.6. The van der Waals surface area contributed by atoms with Crippen molar-refractivity contribution in [2.45, 2.75) is 20.3 Å². The van der Waals surface area contributed by atoms with Crippen molar-refractivity contribution >= 4 is 17.3 Å². The van der Waals surface area contributed by atoms with E-state index in [1.54, 1.807) is 18.2 Å². The number of aromatic carboxylic acids is 1. The van der Waals surface area contributed by atoms with Gasteiger partial charge in [0.15, 0.2) is 0 Å². The van der Waals surface area contributed by atoms with Crippen LogP contribution in [0.15, 0.2) is 18.2 Å². The van der Waals surface area contributed by atoms with Crippen LogP contribution in [0.5, 0.6) is 0 Å². The van der Waals surface area contributed by atoms with E-state index in [0.29, 0.717) is 11.3 Å². The lowest BCUT2D eigenvalue weighted by Gasteiger charge is -2.23. The predicted molar refractivity (Wildman–Crippen MR) is 68.4 cm³/mol. The van der Waals surface area contributed by atoms with E-state index in [1.165, 1.54) is 0 Å². The van der Waals surface area contributed by atoms with Gasteiger partial charge in [-0.25, -0.2) is 4.79 Å². The molecule has 1 aromatic rings. The summed E-state index contributed by atoms with van der Waals surface area (Å²) in [4.78, 5) is 13.1. The summed E-state index contributed by atoms with van der Waals surface area (Å²) in [6.45, 7) is 6.27. The fourth-order valence-corrected chi connectivity index (χ4v) is 2.27. The molecule has 0 amide bonds. The molecule has 0 unspecified atom stereocenters. The summed E-state index contributed by atoms with van der Waals surface area (Å²) in [7, 11) is 0. The van der Waals surface area contributed by atoms with Crippen molar-refractivity contribution in [1.29, 1.82) is 0 Å². The van der Waals surface area contributed by atoms with Gasteiger partial charge in [-0.2, -0.15) is 0 Å². The Morgan fingerprint density at radius 1 is 1.47 bits per heavy atom. The normalized spacial score (nSPS) is 18.4. The first kappa shape index (κ1) is 11.8. The van der Waals surface area contributed by atoms with Crippen molar-refractivity contribution in [3.05, 3.63) is 23.8 Å². The first-order valence-corrected chi connectivity index (χ1v) is 5.77. The number of benzene rings is 1. The zero-order valence-electron chi connectivity index (χ0n) is 10.2. The van der Waals surface area contributed by atoms with Gasteiger partial charge in [-0.3, -0.25) is 0 Å². The van der Waals surface area contributed by atoms with E-state index >= 15 is 0 Å². The summed E-state index contributed by atoms with van der Waals surface area (Å²) in [5, 5.41) is 8.99. The van der Waals surface area contributed by atoms with Crippen LogP contribution in [0.2, 0.25) is 0 Å². The molecule has 0 radical (unpaired) electrons. The third kappa shape index (κ3) is 2.35. The second kappa shape index (κ2) is 3.95. The fraction of sp³-hybridized carbons (Fsp3) is 0.462. The quantitative estimate of drug-likeness (QED) is 0.770. The lowest BCUT2D eigenvalue weighted by molar-refractivity contribution is 0.0697. The monoisotopic (exact) mass is 234 g/mol. The van der Waals surface area contributed by atoms with Crippen LogP contribution in [0.4, 0.5) is 11.4 Å². The van der Waals surface area contributed by atoms with Crippen molar-refractivity contribution in [3.63, 3.8) is 0 Å². The Kier molecular flexibility index (Phi) is 2.73. The highest BCUT2D eigenvalue weighted by atomic mass is 16.4. The molecular weight excluding hydrogens is 216 g/mol. The summed E-state index contributed by atoms with van der Waals surface area (Å²) >= 11 is 0. The third-order valence-electron chi connectivity index (χ3n) is 3.30. The summed E-state index contributed by atoms with van der Waals surface area (Å²) in [6, 6.07) is 4.88. The molecule has 92 valence electrons. The molecule has 0 aliphatic carbocycles. The summed E-state index contributed by atoms with van der Waals surface area (Å²) in [6.07, 6.45) is 1.10. The summed E-state index contributed by atoms with van der Waals surface area (Å²) in [5.41, 5.74) is 7.97. The van der Waals surface area contributed by atoms with E-state index in [1.807, 2.05) is 0 Å². The molecule has 1 aliphatic heterocycles. The molecule has 1 aromatic carbocycles. The van der Waals surface area contributed by atoms with E-state index in [-0.39, 0.29) is 5.41 Å². The summed E-state index contributed by atoms with van der Waals surface area (Å²) < 4.78 is 0. The number of carbonyl (C=O) groups is 1. The highest BCUT2D eigenvalue weighted by molar-refractivity contribution is 5.90. The van der Waals surface area contributed by atoms with Crippen LogP contribution >= 0.6 is 0 Å². The van der Waals surface area contributed by atoms with E-state index < -0.39 is 5.97 Å². The standard InChI is InChI=1S/C13H18N2O2/c1-13(2)5-6-15(8-13)11-7-9(12(16)17)3-4-10(11)14/h3-4,7H,5-6,8,14H2,1-2H3,(H,16,17). The Bertz CT molecular complexity index is 455. The number of nitrogens with two attached hydrogens (primary N) is 1. The molecule has 1 fully saturated rings. The van der Waals surface area contributed by atoms with Crippen LogP contribution in [-0.4, -0.2) is 24.2 Å². The molecule has 0 bridgehead atoms. The smallest absolute Gasteiger partial charge is 0.335 e. The van der Waals surface area contributed by atoms with Gasteiger partial charge in [-0.05, 0) is 30.0 Å². The number of nitrogen functional groups attached to an aromatic ring is 1. The maximum absolute atomic E-state index is 10.9. The van der Waals surface area contributed by atoms with Crippen LogP contribution in [0.1, 0.15) is 30.6 Å². The molecule has 17 heavy (non-hydrogen) atoms. The maximum atomic E-state index is 10.9. The van der Waals surface area contributed by atoms with Gasteiger partial charge in [0.2, 0.25) is 0 Å². The molecule has 1 saturated heterocycles. The number of hydrogen-bond donors (Lipinski definition) is 2. The van der Waals surface area contributed by atoms with Gasteiger partial charge >= 0.3 is 5.97 Å². The van der Waals surface area contributed by atoms with Crippen LogP contribution in [0, 0.1) is 5.41 Å². The van der Waals surface area contributed by atoms with Crippen LogP contribution in [0.3, 0.4) is 0 Å². The molecule has 3 N–H and O–H groups in total. The molecular formula is C13H18N2O2. The van der Waals surface area contributed by atoms with Crippen LogP contribution in [-0.2, 0) is 0 Å². The molecule has 0 saturated carbocycles.